The van der Waals surface area contributed by atoms with Gasteiger partial charge in [-0.1, -0.05) is 65.7 Å². The summed E-state index contributed by atoms with van der Waals surface area (Å²) in [5.41, 5.74) is 3.28. The summed E-state index contributed by atoms with van der Waals surface area (Å²) in [6.45, 7) is 1.86. The van der Waals surface area contributed by atoms with Gasteiger partial charge in [0.2, 0.25) is 0 Å². The quantitative estimate of drug-likeness (QED) is 0.399. The number of para-hydroxylation sites is 2. The van der Waals surface area contributed by atoms with Gasteiger partial charge in [0.15, 0.2) is 5.78 Å². The van der Waals surface area contributed by atoms with Crippen molar-refractivity contribution in [1.29, 1.82) is 0 Å². The highest BCUT2D eigenvalue weighted by molar-refractivity contribution is 6.30. The van der Waals surface area contributed by atoms with Crippen LogP contribution in [0.1, 0.15) is 41.5 Å². The molecule has 3 aromatic carbocycles. The lowest BCUT2D eigenvalue weighted by atomic mass is 9.78. The number of ketones is 1. The molecule has 0 aromatic heterocycles. The van der Waals surface area contributed by atoms with E-state index in [9.17, 15) is 22.8 Å². The standard InChI is InChI=1S/C28H22ClF3N2O2/c1-16-9-11-17(12-10-16)26-25-22(14-19(15-24(25)35)18-5-4-6-20(29)13-18)33-21-7-2-3-8-23(21)34(26)27(36)28(30,31)32/h2-13,19,26,33H,14-15H2,1H3. The lowest BCUT2D eigenvalue weighted by Gasteiger charge is -2.35. The van der Waals surface area contributed by atoms with E-state index in [-0.39, 0.29) is 29.4 Å². The van der Waals surface area contributed by atoms with Crippen LogP contribution in [0.15, 0.2) is 84.1 Å². The molecule has 1 aliphatic heterocycles. The summed E-state index contributed by atoms with van der Waals surface area (Å²) in [7, 11) is 0. The number of rotatable bonds is 2. The maximum absolute atomic E-state index is 13.9. The zero-order valence-electron chi connectivity index (χ0n) is 19.3. The van der Waals surface area contributed by atoms with E-state index in [4.69, 9.17) is 11.6 Å². The number of carbonyl (C=O) groups is 2. The van der Waals surface area contributed by atoms with Crippen LogP contribution in [0, 0.1) is 6.92 Å². The largest absolute Gasteiger partial charge is 0.471 e. The van der Waals surface area contributed by atoms with Gasteiger partial charge >= 0.3 is 12.1 Å². The fourth-order valence-electron chi connectivity index (χ4n) is 5.01. The van der Waals surface area contributed by atoms with E-state index in [0.717, 1.165) is 11.1 Å². The van der Waals surface area contributed by atoms with E-state index in [0.29, 0.717) is 33.3 Å². The van der Waals surface area contributed by atoms with Crippen LogP contribution in [0.5, 0.6) is 0 Å². The van der Waals surface area contributed by atoms with Gasteiger partial charge in [0.25, 0.3) is 0 Å². The molecule has 5 rings (SSSR count). The van der Waals surface area contributed by atoms with E-state index in [1.165, 1.54) is 6.07 Å². The number of Topliss-reactive ketones (excluding diaryl/α,β-unsaturated/α-hetero) is 1. The third-order valence-corrected chi connectivity index (χ3v) is 6.90. The van der Waals surface area contributed by atoms with E-state index < -0.39 is 18.1 Å². The number of nitrogens with one attached hydrogen (secondary N) is 1. The van der Waals surface area contributed by atoms with E-state index >= 15 is 0 Å². The molecule has 2 unspecified atom stereocenters. The van der Waals surface area contributed by atoms with Gasteiger partial charge in [-0.3, -0.25) is 14.5 Å². The van der Waals surface area contributed by atoms with Crippen molar-refractivity contribution in [3.8, 4) is 0 Å². The zero-order chi connectivity index (χ0) is 25.6. The second-order valence-electron chi connectivity index (χ2n) is 9.10. The molecule has 1 heterocycles. The number of fused-ring (bicyclic) bond motifs is 1. The minimum Gasteiger partial charge on any atom is -0.357 e. The van der Waals surface area contributed by atoms with Crippen LogP contribution in [0.2, 0.25) is 5.02 Å². The minimum atomic E-state index is -5.14. The number of carbonyl (C=O) groups excluding carboxylic acids is 2. The Morgan fingerprint density at radius 2 is 1.69 bits per heavy atom. The van der Waals surface area contributed by atoms with Gasteiger partial charge in [0, 0.05) is 22.7 Å². The summed E-state index contributed by atoms with van der Waals surface area (Å²) in [5.74, 6) is -2.55. The molecule has 36 heavy (non-hydrogen) atoms. The highest BCUT2D eigenvalue weighted by atomic mass is 35.5. The average molecular weight is 511 g/mol. The maximum Gasteiger partial charge on any atom is 0.471 e. The number of aryl methyl sites for hydroxylation is 1. The lowest BCUT2D eigenvalue weighted by Crippen LogP contribution is -2.45. The molecule has 0 fully saturated rings. The molecule has 8 heteroatoms. The summed E-state index contributed by atoms with van der Waals surface area (Å²) in [5, 5.41) is 3.76. The molecule has 0 bridgehead atoms. The van der Waals surface area contributed by atoms with Crippen molar-refractivity contribution < 1.29 is 22.8 Å². The third kappa shape index (κ3) is 4.39. The number of hydrogen-bond acceptors (Lipinski definition) is 3. The number of nitrogens with zero attached hydrogens (tertiary/aromatic N) is 1. The third-order valence-electron chi connectivity index (χ3n) is 6.66. The van der Waals surface area contributed by atoms with Crippen LogP contribution >= 0.6 is 11.6 Å². The summed E-state index contributed by atoms with van der Waals surface area (Å²) < 4.78 is 41.8. The Morgan fingerprint density at radius 3 is 2.39 bits per heavy atom. The fraction of sp³-hybridized carbons (Fsp3) is 0.214. The van der Waals surface area contributed by atoms with Gasteiger partial charge < -0.3 is 5.32 Å². The predicted molar refractivity (Wildman–Crippen MR) is 133 cm³/mol. The van der Waals surface area contributed by atoms with Crippen molar-refractivity contribution in [2.24, 2.45) is 0 Å². The van der Waals surface area contributed by atoms with Crippen molar-refractivity contribution in [3.63, 3.8) is 0 Å². The van der Waals surface area contributed by atoms with E-state index in [2.05, 4.69) is 5.32 Å². The second kappa shape index (κ2) is 9.13. The van der Waals surface area contributed by atoms with Crippen LogP contribution in [-0.4, -0.2) is 17.9 Å². The average Bonchev–Trinajstić information content (AvgIpc) is 2.98. The van der Waals surface area contributed by atoms with Crippen molar-refractivity contribution in [3.05, 3.63) is 106 Å². The smallest absolute Gasteiger partial charge is 0.357 e. The first kappa shape index (κ1) is 24.1. The molecular formula is C28H22ClF3N2O2. The Balaban J connectivity index is 1.73. The molecule has 0 spiro atoms. The molecule has 0 radical (unpaired) electrons. The lowest BCUT2D eigenvalue weighted by molar-refractivity contribution is -0.170. The van der Waals surface area contributed by atoms with Gasteiger partial charge in [0.1, 0.15) is 0 Å². The number of benzene rings is 3. The molecule has 184 valence electrons. The molecule has 1 N–H and O–H groups in total. The van der Waals surface area contributed by atoms with Gasteiger partial charge in [0.05, 0.1) is 17.4 Å². The zero-order valence-corrected chi connectivity index (χ0v) is 20.0. The normalized spacial score (nSPS) is 19.8. The minimum absolute atomic E-state index is 0.0619. The number of anilines is 2. The van der Waals surface area contributed by atoms with Crippen LogP contribution in [0.25, 0.3) is 0 Å². The number of alkyl halides is 3. The Labute approximate surface area is 211 Å². The first-order valence-electron chi connectivity index (χ1n) is 11.5. The molecule has 3 aromatic rings. The number of hydrogen-bond donors (Lipinski definition) is 1. The molecule has 0 saturated heterocycles. The van der Waals surface area contributed by atoms with Crippen LogP contribution in [0.4, 0.5) is 24.5 Å². The topological polar surface area (TPSA) is 49.4 Å². The van der Waals surface area contributed by atoms with Crippen molar-refractivity contribution in [1.82, 2.24) is 0 Å². The highest BCUT2D eigenvalue weighted by Crippen LogP contribution is 2.48. The molecule has 4 nitrogen and oxygen atoms in total. The maximum atomic E-state index is 13.9. The number of allylic oxidation sites excluding steroid dienone is 1. The van der Waals surface area contributed by atoms with Crippen LogP contribution < -0.4 is 10.2 Å². The first-order valence-corrected chi connectivity index (χ1v) is 11.9. The highest BCUT2D eigenvalue weighted by Gasteiger charge is 2.49. The van der Waals surface area contributed by atoms with Crippen molar-refractivity contribution in [2.45, 2.75) is 37.9 Å². The monoisotopic (exact) mass is 510 g/mol. The number of amides is 1. The Hall–Kier alpha value is -3.58. The van der Waals surface area contributed by atoms with Gasteiger partial charge in [-0.05, 0) is 54.7 Å². The summed E-state index contributed by atoms with van der Waals surface area (Å²) in [6, 6.07) is 19.2. The summed E-state index contributed by atoms with van der Waals surface area (Å²) >= 11 is 6.18. The van der Waals surface area contributed by atoms with Gasteiger partial charge in [-0.25, -0.2) is 0 Å². The molecule has 1 aliphatic carbocycles. The summed E-state index contributed by atoms with van der Waals surface area (Å²) in [6.07, 6.45) is -4.66. The Morgan fingerprint density at radius 1 is 0.972 bits per heavy atom. The summed E-state index contributed by atoms with van der Waals surface area (Å²) in [4.78, 5) is 27.3. The Bertz CT molecular complexity index is 1380. The predicted octanol–water partition coefficient (Wildman–Crippen LogP) is 7.11. The molecule has 2 atom stereocenters. The van der Waals surface area contributed by atoms with Crippen LogP contribution in [0.3, 0.4) is 0 Å². The Kier molecular flexibility index (Phi) is 6.12. The second-order valence-corrected chi connectivity index (χ2v) is 9.54. The van der Waals surface area contributed by atoms with Crippen molar-refractivity contribution in [2.75, 3.05) is 10.2 Å². The molecule has 0 saturated carbocycles. The van der Waals surface area contributed by atoms with Gasteiger partial charge in [-0.15, -0.1) is 0 Å². The SMILES string of the molecule is Cc1ccc(C2C3=C(CC(c4cccc(Cl)c4)CC3=O)Nc3ccccc3N2C(=O)C(F)(F)F)cc1. The molecule has 1 amide bonds. The molecule has 2 aliphatic rings. The van der Waals surface area contributed by atoms with E-state index in [1.807, 2.05) is 13.0 Å². The van der Waals surface area contributed by atoms with Gasteiger partial charge in [-0.2, -0.15) is 13.2 Å². The van der Waals surface area contributed by atoms with Crippen molar-refractivity contribution >= 4 is 34.7 Å². The number of halogens is 4. The fourth-order valence-corrected chi connectivity index (χ4v) is 5.21. The van der Waals surface area contributed by atoms with E-state index in [1.54, 1.807) is 60.7 Å². The van der Waals surface area contributed by atoms with Crippen LogP contribution in [-0.2, 0) is 9.59 Å². The molecular weight excluding hydrogens is 489 g/mol. The first-order chi connectivity index (χ1) is 17.1.